The maximum absolute atomic E-state index is 4.51. The van der Waals surface area contributed by atoms with Crippen LogP contribution in [0.1, 0.15) is 0 Å². The molecule has 0 amide bonds. The van der Waals surface area contributed by atoms with Gasteiger partial charge in [-0.1, -0.05) is 0 Å². The molecule has 0 fully saturated rings. The molecule has 0 saturated carbocycles. The SMILES string of the molecule is [Cl-].[Cl-].[Ru+3].c1cnc2c(c1)c1n[se]nc1c1cccnc12.c1cnc2c(c1)c1n[se]nc1c1cccnc12. The van der Waals surface area contributed by atoms with Crippen LogP contribution in [0.25, 0.3) is 65.7 Å². The van der Waals surface area contributed by atoms with Gasteiger partial charge in [0.1, 0.15) is 0 Å². The van der Waals surface area contributed by atoms with Crippen molar-refractivity contribution < 1.29 is 44.3 Å². The van der Waals surface area contributed by atoms with E-state index in [9.17, 15) is 0 Å². The Morgan fingerprint density at radius 1 is 0.378 bits per heavy atom. The van der Waals surface area contributed by atoms with Crippen LogP contribution in [0.5, 0.6) is 0 Å². The van der Waals surface area contributed by atoms with Crippen LogP contribution in [0, 0.1) is 0 Å². The zero-order valence-electron chi connectivity index (χ0n) is 18.4. The minimum absolute atomic E-state index is 0. The summed E-state index contributed by atoms with van der Waals surface area (Å²) >= 11 is -0.0650. The molecule has 0 unspecified atom stereocenters. The van der Waals surface area contributed by atoms with Crippen LogP contribution in [-0.2, 0) is 19.5 Å². The molecule has 6 heterocycles. The van der Waals surface area contributed by atoms with Crippen LogP contribution in [0.15, 0.2) is 73.3 Å². The van der Waals surface area contributed by atoms with Gasteiger partial charge in [-0.25, -0.2) is 0 Å². The van der Waals surface area contributed by atoms with Gasteiger partial charge >= 0.3 is 224 Å². The van der Waals surface area contributed by atoms with Crippen LogP contribution in [-0.4, -0.2) is 65.8 Å². The second kappa shape index (κ2) is 11.5. The summed E-state index contributed by atoms with van der Waals surface area (Å²) in [6.45, 7) is 0. The minimum atomic E-state index is -0.0325. The van der Waals surface area contributed by atoms with Crippen molar-refractivity contribution in [3.63, 3.8) is 0 Å². The van der Waals surface area contributed by atoms with Crippen LogP contribution in [0.4, 0.5) is 0 Å². The van der Waals surface area contributed by atoms with Gasteiger partial charge in [0, 0.05) is 0 Å². The van der Waals surface area contributed by atoms with Gasteiger partial charge in [-0.2, -0.15) is 0 Å². The monoisotopic (exact) mass is 744 g/mol. The summed E-state index contributed by atoms with van der Waals surface area (Å²) in [5.74, 6) is 0. The van der Waals surface area contributed by atoms with E-state index in [1.807, 2.05) is 48.5 Å². The molecule has 8 nitrogen and oxygen atoms in total. The zero-order chi connectivity index (χ0) is 22.5. The average Bonchev–Trinajstić information content (AvgIpc) is 3.60. The van der Waals surface area contributed by atoms with Gasteiger partial charge in [-0.15, -0.1) is 0 Å². The Morgan fingerprint density at radius 2 is 0.622 bits per heavy atom. The second-order valence-electron chi connectivity index (χ2n) is 7.52. The summed E-state index contributed by atoms with van der Waals surface area (Å²) in [6.07, 6.45) is 7.17. The summed E-state index contributed by atoms with van der Waals surface area (Å²) in [4.78, 5) is 17.7. The number of hydrogen-bond acceptors (Lipinski definition) is 8. The Balaban J connectivity index is 0.000000160. The average molecular weight is 742 g/mol. The summed E-state index contributed by atoms with van der Waals surface area (Å²) in [6, 6.07) is 15.9. The van der Waals surface area contributed by atoms with E-state index < -0.39 is 0 Å². The molecule has 0 aliphatic heterocycles. The molecule has 0 aliphatic rings. The number of fused-ring (bicyclic) bond motifs is 12. The van der Waals surface area contributed by atoms with Crippen molar-refractivity contribution in [2.45, 2.75) is 0 Å². The predicted molar refractivity (Wildman–Crippen MR) is 134 cm³/mol. The van der Waals surface area contributed by atoms with Crippen LogP contribution < -0.4 is 24.8 Å². The van der Waals surface area contributed by atoms with Gasteiger partial charge in [-0.3, -0.25) is 0 Å². The first-order valence-electron chi connectivity index (χ1n) is 10.4. The van der Waals surface area contributed by atoms with Gasteiger partial charge in [0.15, 0.2) is 0 Å². The fraction of sp³-hybridized carbons (Fsp3) is 0. The molecule has 0 atom stereocenters. The Hall–Kier alpha value is -2.48. The van der Waals surface area contributed by atoms with Crippen molar-refractivity contribution in [1.82, 2.24) is 35.9 Å². The van der Waals surface area contributed by atoms with E-state index in [-0.39, 0.29) is 74.2 Å². The topological polar surface area (TPSA) is 103 Å². The van der Waals surface area contributed by atoms with E-state index in [0.717, 1.165) is 65.7 Å². The van der Waals surface area contributed by atoms with E-state index in [1.165, 1.54) is 0 Å². The molecule has 0 saturated heterocycles. The molecule has 8 aromatic rings. The number of hydrogen-bond donors (Lipinski definition) is 0. The van der Waals surface area contributed by atoms with E-state index >= 15 is 0 Å². The molecule has 6 aromatic heterocycles. The molecule has 2 aromatic carbocycles. The molecule has 0 N–H and O–H groups in total. The zero-order valence-corrected chi connectivity index (χ0v) is 25.1. The molecule has 1 radical (unpaired) electrons. The number of aromatic nitrogens is 8. The van der Waals surface area contributed by atoms with Gasteiger partial charge in [0.05, 0.1) is 0 Å². The Bertz CT molecular complexity index is 1730. The maximum atomic E-state index is 4.51. The van der Waals surface area contributed by atoms with Crippen molar-refractivity contribution in [3.05, 3.63) is 73.3 Å². The third-order valence-corrected chi connectivity index (χ3v) is 7.89. The van der Waals surface area contributed by atoms with Crippen molar-refractivity contribution in [2.75, 3.05) is 0 Å². The summed E-state index contributed by atoms with van der Waals surface area (Å²) in [5, 5.41) is 4.21. The molecule has 0 bridgehead atoms. The van der Waals surface area contributed by atoms with Crippen molar-refractivity contribution in [1.29, 1.82) is 0 Å². The van der Waals surface area contributed by atoms with Crippen molar-refractivity contribution >= 4 is 95.6 Å². The summed E-state index contributed by atoms with van der Waals surface area (Å²) in [5.41, 5.74) is 7.58. The molecule has 13 heteroatoms. The third kappa shape index (κ3) is 4.55. The molecular weight excluding hydrogens is 730 g/mol. The number of halogens is 2. The summed E-state index contributed by atoms with van der Waals surface area (Å²) < 4.78 is 18.0. The van der Waals surface area contributed by atoms with E-state index in [0.29, 0.717) is 0 Å². The van der Waals surface area contributed by atoms with Crippen LogP contribution >= 0.6 is 0 Å². The Labute approximate surface area is 247 Å². The molecule has 181 valence electrons. The Kier molecular flexibility index (Phi) is 8.57. The summed E-state index contributed by atoms with van der Waals surface area (Å²) in [7, 11) is 0. The molecule has 8 rings (SSSR count). The predicted octanol–water partition coefficient (Wildman–Crippen LogP) is -2.43. The van der Waals surface area contributed by atoms with Crippen LogP contribution in [0.2, 0.25) is 0 Å². The Morgan fingerprint density at radius 3 is 0.865 bits per heavy atom. The van der Waals surface area contributed by atoms with Crippen LogP contribution in [0.3, 0.4) is 0 Å². The standard InChI is InChI=1S/2C12H6N4Se.2ClH.Ru/c2*1-3-7-9(13-5-1)10-8(4-2-6-14-10)12-11(7)15-17-16-12;;;/h2*1-6H;2*1H;/q;;;;+3/p-2. The molecule has 0 aliphatic carbocycles. The van der Waals surface area contributed by atoms with Gasteiger partial charge in [-0.05, 0) is 0 Å². The number of rotatable bonds is 0. The second-order valence-corrected chi connectivity index (χ2v) is 9.74. The normalized spacial score (nSPS) is 10.6. The number of pyridine rings is 4. The van der Waals surface area contributed by atoms with Gasteiger partial charge < -0.3 is 24.8 Å². The first kappa shape index (κ1) is 27.6. The van der Waals surface area contributed by atoms with Crippen molar-refractivity contribution in [2.24, 2.45) is 0 Å². The fourth-order valence-electron chi connectivity index (χ4n) is 4.22. The molecule has 37 heavy (non-hydrogen) atoms. The van der Waals surface area contributed by atoms with Gasteiger partial charge in [0.25, 0.3) is 0 Å². The first-order chi connectivity index (χ1) is 16.9. The molecular formula is C24H12Cl2N8RuSe2+. The van der Waals surface area contributed by atoms with Crippen molar-refractivity contribution in [3.8, 4) is 0 Å². The number of nitrogens with zero attached hydrogens (tertiary/aromatic N) is 8. The molecule has 0 spiro atoms. The quantitative estimate of drug-likeness (QED) is 0.125. The van der Waals surface area contributed by atoms with E-state index in [2.05, 4.69) is 35.9 Å². The van der Waals surface area contributed by atoms with E-state index in [4.69, 9.17) is 0 Å². The van der Waals surface area contributed by atoms with Gasteiger partial charge in [0.2, 0.25) is 0 Å². The third-order valence-electron chi connectivity index (χ3n) is 5.68. The number of benzene rings is 2. The first-order valence-corrected chi connectivity index (χ1v) is 13.4. The van der Waals surface area contributed by atoms with E-state index in [1.54, 1.807) is 24.8 Å². The fourth-order valence-corrected chi connectivity index (χ4v) is 6.63.